The van der Waals surface area contributed by atoms with E-state index in [4.69, 9.17) is 5.26 Å². The maximum absolute atomic E-state index is 12.0. The third-order valence-electron chi connectivity index (χ3n) is 2.30. The second-order valence-corrected chi connectivity index (χ2v) is 6.27. The summed E-state index contributed by atoms with van der Waals surface area (Å²) in [6.45, 7) is 0. The van der Waals surface area contributed by atoms with Crippen molar-refractivity contribution in [2.75, 3.05) is 4.72 Å². The van der Waals surface area contributed by atoms with Crippen LogP contribution in [0.4, 0.5) is 5.69 Å². The van der Waals surface area contributed by atoms with Crippen molar-refractivity contribution in [3.8, 4) is 6.07 Å². The third-order valence-corrected chi connectivity index (χ3v) is 4.21. The molecule has 1 aromatic carbocycles. The van der Waals surface area contributed by atoms with Crippen LogP contribution in [0.5, 0.6) is 0 Å². The van der Waals surface area contributed by atoms with Crippen molar-refractivity contribution >= 4 is 31.6 Å². The average molecular weight is 341 g/mol. The fourth-order valence-corrected chi connectivity index (χ4v) is 3.06. The maximum atomic E-state index is 12.0. The average Bonchev–Trinajstić information content (AvgIpc) is 2.79. The molecule has 98 valence electrons. The van der Waals surface area contributed by atoms with Crippen LogP contribution in [0.2, 0.25) is 0 Å². The Morgan fingerprint density at radius 2 is 2.21 bits per heavy atom. The fourth-order valence-electron chi connectivity index (χ4n) is 1.39. The molecule has 0 aliphatic heterocycles. The Morgan fingerprint density at radius 1 is 1.47 bits per heavy atom. The number of imidazole rings is 1. The first-order valence-corrected chi connectivity index (χ1v) is 7.40. The van der Waals surface area contributed by atoms with Gasteiger partial charge in [-0.05, 0) is 34.1 Å². The largest absolute Gasteiger partial charge is 0.339 e. The summed E-state index contributed by atoms with van der Waals surface area (Å²) >= 11 is 3.21. The summed E-state index contributed by atoms with van der Waals surface area (Å²) in [5.41, 5.74) is 0.789. The molecule has 0 aliphatic rings. The molecule has 0 spiro atoms. The van der Waals surface area contributed by atoms with Crippen LogP contribution < -0.4 is 4.72 Å². The Morgan fingerprint density at radius 3 is 2.74 bits per heavy atom. The van der Waals surface area contributed by atoms with E-state index >= 15 is 0 Å². The highest BCUT2D eigenvalue weighted by molar-refractivity contribution is 9.10. The van der Waals surface area contributed by atoms with Crippen LogP contribution in [0.1, 0.15) is 5.56 Å². The highest BCUT2D eigenvalue weighted by Gasteiger charge is 2.18. The molecular formula is C11H9BrN4O2S. The molecule has 0 amide bonds. The molecule has 1 aromatic heterocycles. The van der Waals surface area contributed by atoms with Crippen LogP contribution in [0.15, 0.2) is 40.2 Å². The summed E-state index contributed by atoms with van der Waals surface area (Å²) in [5.74, 6) is 0. The number of hydrogen-bond donors (Lipinski definition) is 1. The molecule has 0 saturated heterocycles. The number of benzene rings is 1. The van der Waals surface area contributed by atoms with Gasteiger partial charge in [0.2, 0.25) is 0 Å². The molecule has 1 N–H and O–H groups in total. The minimum Gasteiger partial charge on any atom is -0.339 e. The molecule has 0 atom stereocenters. The first-order chi connectivity index (χ1) is 8.92. The van der Waals surface area contributed by atoms with Crippen LogP contribution in [-0.2, 0) is 17.1 Å². The molecule has 0 bridgehead atoms. The summed E-state index contributed by atoms with van der Waals surface area (Å²) in [6.07, 6.45) is 2.81. The quantitative estimate of drug-likeness (QED) is 0.923. The van der Waals surface area contributed by atoms with Crippen LogP contribution >= 0.6 is 15.9 Å². The molecule has 8 heteroatoms. The van der Waals surface area contributed by atoms with E-state index in [-0.39, 0.29) is 5.03 Å². The van der Waals surface area contributed by atoms with Gasteiger partial charge in [0.25, 0.3) is 10.0 Å². The minimum absolute atomic E-state index is 0.0636. The molecule has 0 fully saturated rings. The van der Waals surface area contributed by atoms with E-state index in [1.54, 1.807) is 11.6 Å². The van der Waals surface area contributed by atoms with Gasteiger partial charge in [0.15, 0.2) is 5.03 Å². The van der Waals surface area contributed by atoms with E-state index in [2.05, 4.69) is 25.6 Å². The Kier molecular flexibility index (Phi) is 3.59. The van der Waals surface area contributed by atoms with Gasteiger partial charge in [-0.15, -0.1) is 0 Å². The van der Waals surface area contributed by atoms with Crippen LogP contribution in [0.3, 0.4) is 0 Å². The van der Waals surface area contributed by atoms with Crippen molar-refractivity contribution in [2.24, 2.45) is 7.05 Å². The maximum Gasteiger partial charge on any atom is 0.280 e. The number of sulfonamides is 1. The fraction of sp³-hybridized carbons (Fsp3) is 0.0909. The summed E-state index contributed by atoms with van der Waals surface area (Å²) in [7, 11) is -2.05. The predicted octanol–water partition coefficient (Wildman–Crippen LogP) is 1.86. The summed E-state index contributed by atoms with van der Waals surface area (Å²) in [4.78, 5) is 3.79. The van der Waals surface area contributed by atoms with E-state index in [9.17, 15) is 8.42 Å². The Hall–Kier alpha value is -1.85. The van der Waals surface area contributed by atoms with Gasteiger partial charge in [-0.1, -0.05) is 0 Å². The summed E-state index contributed by atoms with van der Waals surface area (Å²) in [5, 5.41) is 8.68. The summed E-state index contributed by atoms with van der Waals surface area (Å²) < 4.78 is 28.5. The van der Waals surface area contributed by atoms with Gasteiger partial charge in [-0.2, -0.15) is 13.7 Å². The zero-order valence-electron chi connectivity index (χ0n) is 9.83. The number of anilines is 1. The van der Waals surface area contributed by atoms with Crippen LogP contribution in [0, 0.1) is 11.3 Å². The van der Waals surface area contributed by atoms with Crippen molar-refractivity contribution in [1.29, 1.82) is 5.26 Å². The molecule has 19 heavy (non-hydrogen) atoms. The number of rotatable bonds is 3. The second kappa shape index (κ2) is 5.03. The van der Waals surface area contributed by atoms with Gasteiger partial charge in [-0.3, -0.25) is 4.72 Å². The van der Waals surface area contributed by atoms with Crippen LogP contribution in [0.25, 0.3) is 0 Å². The molecule has 0 saturated carbocycles. The van der Waals surface area contributed by atoms with Gasteiger partial charge in [0.1, 0.15) is 0 Å². The van der Waals surface area contributed by atoms with E-state index < -0.39 is 10.0 Å². The molecular weight excluding hydrogens is 332 g/mol. The Bertz CT molecular complexity index is 761. The molecule has 1 heterocycles. The number of hydrogen-bond acceptors (Lipinski definition) is 4. The first kappa shape index (κ1) is 13.6. The lowest BCUT2D eigenvalue weighted by molar-refractivity contribution is 0.598. The molecule has 2 rings (SSSR count). The monoisotopic (exact) mass is 340 g/mol. The second-order valence-electron chi connectivity index (χ2n) is 3.79. The molecule has 0 radical (unpaired) electrons. The Balaban J connectivity index is 2.34. The Labute approximate surface area is 118 Å². The van der Waals surface area contributed by atoms with Crippen molar-refractivity contribution in [2.45, 2.75) is 5.03 Å². The number of nitrogens with one attached hydrogen (secondary N) is 1. The van der Waals surface area contributed by atoms with E-state index in [0.717, 1.165) is 0 Å². The zero-order chi connectivity index (χ0) is 14.0. The van der Waals surface area contributed by atoms with Gasteiger partial charge in [0.05, 0.1) is 23.6 Å². The predicted molar refractivity (Wildman–Crippen MR) is 72.9 cm³/mol. The molecule has 0 unspecified atom stereocenters. The lowest BCUT2D eigenvalue weighted by atomic mass is 10.2. The van der Waals surface area contributed by atoms with E-state index in [0.29, 0.717) is 15.7 Å². The van der Waals surface area contributed by atoms with E-state index in [1.807, 2.05) is 6.07 Å². The highest BCUT2D eigenvalue weighted by atomic mass is 79.9. The molecule has 6 nitrogen and oxygen atoms in total. The van der Waals surface area contributed by atoms with Crippen molar-refractivity contribution in [3.63, 3.8) is 0 Å². The summed E-state index contributed by atoms with van der Waals surface area (Å²) in [6, 6.07) is 6.55. The minimum atomic E-state index is -3.73. The first-order valence-electron chi connectivity index (χ1n) is 5.13. The SMILES string of the molecule is Cn1cnc(S(=O)(=O)Nc2ccc(C#N)cc2Br)c1. The smallest absolute Gasteiger partial charge is 0.280 e. The van der Waals surface area contributed by atoms with Crippen molar-refractivity contribution < 1.29 is 8.42 Å². The third kappa shape index (κ3) is 2.94. The number of nitrogens with zero attached hydrogens (tertiary/aromatic N) is 3. The number of nitriles is 1. The lowest BCUT2D eigenvalue weighted by Crippen LogP contribution is -2.13. The number of aryl methyl sites for hydroxylation is 1. The van der Waals surface area contributed by atoms with Gasteiger partial charge in [-0.25, -0.2) is 4.98 Å². The highest BCUT2D eigenvalue weighted by Crippen LogP contribution is 2.25. The van der Waals surface area contributed by atoms with Crippen LogP contribution in [-0.4, -0.2) is 18.0 Å². The molecule has 2 aromatic rings. The topological polar surface area (TPSA) is 87.8 Å². The molecule has 0 aliphatic carbocycles. The standard InChI is InChI=1S/C11H9BrN4O2S/c1-16-6-11(14-7-16)19(17,18)15-10-3-2-8(5-13)4-9(10)12/h2-4,6-7,15H,1H3. The number of aromatic nitrogens is 2. The van der Waals surface area contributed by atoms with E-state index in [1.165, 1.54) is 30.7 Å². The number of halogens is 1. The van der Waals surface area contributed by atoms with Gasteiger partial charge < -0.3 is 4.57 Å². The van der Waals surface area contributed by atoms with Gasteiger partial charge >= 0.3 is 0 Å². The normalized spacial score (nSPS) is 11.0. The lowest BCUT2D eigenvalue weighted by Gasteiger charge is -2.07. The van der Waals surface area contributed by atoms with Crippen molar-refractivity contribution in [1.82, 2.24) is 9.55 Å². The van der Waals surface area contributed by atoms with Gasteiger partial charge in [0, 0.05) is 17.7 Å². The van der Waals surface area contributed by atoms with Crippen molar-refractivity contribution in [3.05, 3.63) is 40.8 Å². The zero-order valence-corrected chi connectivity index (χ0v) is 12.2.